The Kier molecular flexibility index (Phi) is 8.30. The normalized spacial score (nSPS) is 13.6. The second kappa shape index (κ2) is 10.9. The van der Waals surface area contributed by atoms with Crippen LogP contribution >= 0.6 is 0 Å². The van der Waals surface area contributed by atoms with Crippen molar-refractivity contribution in [1.29, 1.82) is 0 Å². The van der Waals surface area contributed by atoms with E-state index in [9.17, 15) is 24.0 Å². The van der Waals surface area contributed by atoms with Gasteiger partial charge in [-0.2, -0.15) is 0 Å². The number of aliphatic carboxylic acids is 2. The number of para-hydroxylation sites is 1. The predicted molar refractivity (Wildman–Crippen MR) is 112 cm³/mol. The van der Waals surface area contributed by atoms with Gasteiger partial charge in [0.1, 0.15) is 18.6 Å². The van der Waals surface area contributed by atoms with Crippen molar-refractivity contribution in [3.05, 3.63) is 36.0 Å². The molecular weight excluding hydrogens is 422 g/mol. The zero-order chi connectivity index (χ0) is 23.8. The number of benzene rings is 1. The molecule has 3 amide bonds. The lowest BCUT2D eigenvalue weighted by atomic mass is 10.0. The van der Waals surface area contributed by atoms with Crippen molar-refractivity contribution in [2.24, 2.45) is 5.73 Å². The number of aromatic amines is 1. The van der Waals surface area contributed by atoms with Crippen molar-refractivity contribution in [2.75, 3.05) is 6.54 Å². The van der Waals surface area contributed by atoms with E-state index >= 15 is 0 Å². The van der Waals surface area contributed by atoms with Gasteiger partial charge in [0.05, 0.1) is 12.5 Å². The second-order valence-corrected chi connectivity index (χ2v) is 7.18. The van der Waals surface area contributed by atoms with E-state index in [1.807, 2.05) is 18.2 Å². The van der Waals surface area contributed by atoms with Crippen LogP contribution < -0.4 is 21.7 Å². The van der Waals surface area contributed by atoms with Gasteiger partial charge in [0.25, 0.3) is 0 Å². The molecule has 1 aromatic heterocycles. The SMILES string of the molecule is CC(N)C(=O)NC(CC(=O)O)C(=O)NC(Cc1c[nH]c2ccccc12)C(=O)NCC(=O)O. The van der Waals surface area contributed by atoms with Gasteiger partial charge in [-0.25, -0.2) is 0 Å². The first-order valence-corrected chi connectivity index (χ1v) is 9.71. The smallest absolute Gasteiger partial charge is 0.322 e. The molecule has 0 aliphatic heterocycles. The molecule has 0 saturated heterocycles. The summed E-state index contributed by atoms with van der Waals surface area (Å²) in [5, 5.41) is 25.6. The van der Waals surface area contributed by atoms with Crippen LogP contribution in [0.2, 0.25) is 0 Å². The number of hydrogen-bond donors (Lipinski definition) is 7. The molecule has 8 N–H and O–H groups in total. The molecule has 12 heteroatoms. The fourth-order valence-electron chi connectivity index (χ4n) is 2.97. The molecule has 3 atom stereocenters. The summed E-state index contributed by atoms with van der Waals surface area (Å²) in [6.07, 6.45) is 0.907. The zero-order valence-corrected chi connectivity index (χ0v) is 17.3. The molecule has 12 nitrogen and oxygen atoms in total. The summed E-state index contributed by atoms with van der Waals surface area (Å²) in [7, 11) is 0. The highest BCUT2D eigenvalue weighted by atomic mass is 16.4. The van der Waals surface area contributed by atoms with Crippen LogP contribution in [0.1, 0.15) is 18.9 Å². The summed E-state index contributed by atoms with van der Waals surface area (Å²) >= 11 is 0. The van der Waals surface area contributed by atoms with E-state index in [2.05, 4.69) is 20.9 Å². The van der Waals surface area contributed by atoms with Crippen molar-refractivity contribution in [2.45, 2.75) is 37.9 Å². The summed E-state index contributed by atoms with van der Waals surface area (Å²) in [4.78, 5) is 62.2. The number of carboxylic acids is 2. The lowest BCUT2D eigenvalue weighted by Crippen LogP contribution is -2.56. The Labute approximate surface area is 182 Å². The highest BCUT2D eigenvalue weighted by molar-refractivity contribution is 5.95. The Balaban J connectivity index is 2.25. The van der Waals surface area contributed by atoms with Gasteiger partial charge in [0.15, 0.2) is 0 Å². The molecule has 172 valence electrons. The first-order chi connectivity index (χ1) is 15.1. The van der Waals surface area contributed by atoms with Crippen molar-refractivity contribution < 1.29 is 34.2 Å². The van der Waals surface area contributed by atoms with Gasteiger partial charge < -0.3 is 36.9 Å². The van der Waals surface area contributed by atoms with Crippen LogP contribution in [0.5, 0.6) is 0 Å². The Hall–Kier alpha value is -3.93. The van der Waals surface area contributed by atoms with Crippen LogP contribution in [0, 0.1) is 0 Å². The highest BCUT2D eigenvalue weighted by Gasteiger charge is 2.29. The highest BCUT2D eigenvalue weighted by Crippen LogP contribution is 2.19. The number of nitrogens with two attached hydrogens (primary N) is 1. The molecule has 3 unspecified atom stereocenters. The second-order valence-electron chi connectivity index (χ2n) is 7.18. The molecule has 0 radical (unpaired) electrons. The number of nitrogens with one attached hydrogen (secondary N) is 4. The molecule has 0 fully saturated rings. The molecule has 2 rings (SSSR count). The molecule has 0 bridgehead atoms. The van der Waals surface area contributed by atoms with Gasteiger partial charge in [0.2, 0.25) is 17.7 Å². The van der Waals surface area contributed by atoms with Crippen molar-refractivity contribution in [3.63, 3.8) is 0 Å². The van der Waals surface area contributed by atoms with E-state index < -0.39 is 60.8 Å². The van der Waals surface area contributed by atoms with Crippen molar-refractivity contribution in [3.8, 4) is 0 Å². The first-order valence-electron chi connectivity index (χ1n) is 9.71. The molecule has 32 heavy (non-hydrogen) atoms. The Morgan fingerprint density at radius 3 is 2.25 bits per heavy atom. The summed E-state index contributed by atoms with van der Waals surface area (Å²) in [5.41, 5.74) is 6.93. The first kappa shape index (κ1) is 24.3. The summed E-state index contributed by atoms with van der Waals surface area (Å²) < 4.78 is 0. The number of fused-ring (bicyclic) bond motifs is 1. The summed E-state index contributed by atoms with van der Waals surface area (Å²) in [5.74, 6) is -5.06. The maximum absolute atomic E-state index is 12.7. The Morgan fingerprint density at radius 1 is 0.969 bits per heavy atom. The summed E-state index contributed by atoms with van der Waals surface area (Å²) in [6.45, 7) is 0.698. The minimum absolute atomic E-state index is 0.0117. The number of carbonyl (C=O) groups is 5. The molecule has 2 aromatic rings. The Bertz CT molecular complexity index is 1020. The molecule has 0 aliphatic carbocycles. The minimum Gasteiger partial charge on any atom is -0.481 e. The van der Waals surface area contributed by atoms with E-state index in [0.29, 0.717) is 5.56 Å². The molecular formula is C20H25N5O7. The maximum atomic E-state index is 12.7. The number of carbonyl (C=O) groups excluding carboxylic acids is 3. The third kappa shape index (κ3) is 6.80. The lowest BCUT2D eigenvalue weighted by Gasteiger charge is -2.22. The maximum Gasteiger partial charge on any atom is 0.322 e. The fourth-order valence-corrected chi connectivity index (χ4v) is 2.97. The topological polar surface area (TPSA) is 204 Å². The van der Waals surface area contributed by atoms with E-state index in [0.717, 1.165) is 10.9 Å². The number of hydrogen-bond acceptors (Lipinski definition) is 6. The fraction of sp³-hybridized carbons (Fsp3) is 0.350. The number of aromatic nitrogens is 1. The Morgan fingerprint density at radius 2 is 1.62 bits per heavy atom. The van der Waals surface area contributed by atoms with Crippen LogP contribution in [0.25, 0.3) is 10.9 Å². The average molecular weight is 447 g/mol. The number of rotatable bonds is 11. The minimum atomic E-state index is -1.48. The predicted octanol–water partition coefficient (Wildman–Crippen LogP) is -1.30. The van der Waals surface area contributed by atoms with E-state index in [-0.39, 0.29) is 6.42 Å². The van der Waals surface area contributed by atoms with E-state index in [1.165, 1.54) is 6.92 Å². The van der Waals surface area contributed by atoms with Crippen molar-refractivity contribution in [1.82, 2.24) is 20.9 Å². The molecule has 1 heterocycles. The van der Waals surface area contributed by atoms with Gasteiger partial charge in [-0.1, -0.05) is 18.2 Å². The van der Waals surface area contributed by atoms with Gasteiger partial charge in [-0.05, 0) is 18.6 Å². The van der Waals surface area contributed by atoms with Gasteiger partial charge in [0, 0.05) is 23.5 Å². The van der Waals surface area contributed by atoms with E-state index in [4.69, 9.17) is 15.9 Å². The standard InChI is InChI=1S/C20H25N5O7/c1-10(21)18(30)24-15(7-16(26)27)20(32)25-14(19(31)23-9-17(28)29)6-11-8-22-13-5-3-2-4-12(11)13/h2-5,8,10,14-15,22H,6-7,9,21H2,1H3,(H,23,31)(H,24,30)(H,25,32)(H,26,27)(H,28,29). The number of H-pyrrole nitrogens is 1. The third-order valence-corrected chi connectivity index (χ3v) is 4.57. The van der Waals surface area contributed by atoms with Gasteiger partial charge in [-0.15, -0.1) is 0 Å². The monoisotopic (exact) mass is 447 g/mol. The van der Waals surface area contributed by atoms with Crippen LogP contribution in [0.15, 0.2) is 30.5 Å². The summed E-state index contributed by atoms with van der Waals surface area (Å²) in [6, 6.07) is 3.55. The number of carboxylic acid groups (broad SMARTS) is 2. The molecule has 0 aliphatic rings. The largest absolute Gasteiger partial charge is 0.481 e. The van der Waals surface area contributed by atoms with Crippen molar-refractivity contribution >= 4 is 40.6 Å². The van der Waals surface area contributed by atoms with Crippen LogP contribution in [-0.4, -0.2) is 69.5 Å². The zero-order valence-electron chi connectivity index (χ0n) is 17.3. The van der Waals surface area contributed by atoms with Gasteiger partial charge >= 0.3 is 11.9 Å². The van der Waals surface area contributed by atoms with E-state index in [1.54, 1.807) is 12.3 Å². The molecule has 0 saturated carbocycles. The lowest BCUT2D eigenvalue weighted by molar-refractivity contribution is -0.141. The quantitative estimate of drug-likeness (QED) is 0.220. The van der Waals surface area contributed by atoms with Crippen LogP contribution in [0.4, 0.5) is 0 Å². The third-order valence-electron chi connectivity index (χ3n) is 4.57. The molecule has 1 aromatic carbocycles. The number of amides is 3. The van der Waals surface area contributed by atoms with Crippen LogP contribution in [-0.2, 0) is 30.4 Å². The molecule has 0 spiro atoms. The van der Waals surface area contributed by atoms with Gasteiger partial charge in [-0.3, -0.25) is 24.0 Å². The average Bonchev–Trinajstić information content (AvgIpc) is 3.13. The van der Waals surface area contributed by atoms with Crippen LogP contribution in [0.3, 0.4) is 0 Å².